The number of ether oxygens (including phenoxy) is 1. The molecule has 17 heavy (non-hydrogen) atoms. The fourth-order valence-corrected chi connectivity index (χ4v) is 2.20. The van der Waals surface area contributed by atoms with Crippen molar-refractivity contribution in [1.29, 1.82) is 0 Å². The van der Waals surface area contributed by atoms with Crippen molar-refractivity contribution in [2.24, 2.45) is 0 Å². The molecule has 1 aromatic rings. The topological polar surface area (TPSA) is 24.5 Å². The van der Waals surface area contributed by atoms with E-state index in [9.17, 15) is 4.39 Å². The second-order valence-electron chi connectivity index (χ2n) is 4.55. The molecule has 1 saturated heterocycles. The summed E-state index contributed by atoms with van der Waals surface area (Å²) in [4.78, 5) is 2.26. The quantitative estimate of drug-likeness (QED) is 0.866. The van der Waals surface area contributed by atoms with Crippen molar-refractivity contribution in [2.45, 2.75) is 19.5 Å². The van der Waals surface area contributed by atoms with Crippen LogP contribution in [-0.2, 0) is 6.54 Å². The van der Waals surface area contributed by atoms with Gasteiger partial charge in [-0.1, -0.05) is 0 Å². The minimum absolute atomic E-state index is 0.156. The lowest BCUT2D eigenvalue weighted by Gasteiger charge is -2.31. The number of piperazine rings is 1. The molecule has 0 unspecified atom stereocenters. The van der Waals surface area contributed by atoms with Crippen LogP contribution >= 0.6 is 0 Å². The van der Waals surface area contributed by atoms with Crippen molar-refractivity contribution >= 4 is 0 Å². The van der Waals surface area contributed by atoms with Crippen molar-refractivity contribution in [1.82, 2.24) is 10.2 Å². The third-order valence-corrected chi connectivity index (χ3v) is 3.10. The first-order valence-electron chi connectivity index (χ1n) is 5.97. The molecule has 1 heterocycles. The molecule has 3 nitrogen and oxygen atoms in total. The Morgan fingerprint density at radius 3 is 3.06 bits per heavy atom. The van der Waals surface area contributed by atoms with Gasteiger partial charge >= 0.3 is 0 Å². The first kappa shape index (κ1) is 12.3. The molecule has 94 valence electrons. The highest BCUT2D eigenvalue weighted by Crippen LogP contribution is 2.18. The molecule has 0 aliphatic carbocycles. The molecule has 0 spiro atoms. The predicted octanol–water partition coefficient (Wildman–Crippen LogP) is 1.63. The number of halogens is 1. The summed E-state index contributed by atoms with van der Waals surface area (Å²) in [6.07, 6.45) is 0. The predicted molar refractivity (Wildman–Crippen MR) is 65.7 cm³/mol. The Morgan fingerprint density at radius 1 is 1.53 bits per heavy atom. The van der Waals surface area contributed by atoms with Gasteiger partial charge in [-0.25, -0.2) is 4.39 Å². The molecular formula is C13H19FN2O. The van der Waals surface area contributed by atoms with Crippen LogP contribution in [0.15, 0.2) is 18.2 Å². The zero-order chi connectivity index (χ0) is 12.3. The number of nitrogens with one attached hydrogen (secondary N) is 1. The monoisotopic (exact) mass is 238 g/mol. The van der Waals surface area contributed by atoms with E-state index < -0.39 is 0 Å². The van der Waals surface area contributed by atoms with Crippen LogP contribution in [0.4, 0.5) is 4.39 Å². The van der Waals surface area contributed by atoms with Gasteiger partial charge in [0.2, 0.25) is 0 Å². The van der Waals surface area contributed by atoms with Gasteiger partial charge in [0.25, 0.3) is 0 Å². The fraction of sp³-hybridized carbons (Fsp3) is 0.538. The van der Waals surface area contributed by atoms with E-state index in [-0.39, 0.29) is 5.82 Å². The van der Waals surface area contributed by atoms with Crippen LogP contribution in [0.2, 0.25) is 0 Å². The van der Waals surface area contributed by atoms with E-state index in [0.29, 0.717) is 23.9 Å². The molecule has 2 rings (SSSR count). The first-order valence-corrected chi connectivity index (χ1v) is 5.97. The van der Waals surface area contributed by atoms with Crippen molar-refractivity contribution in [3.05, 3.63) is 29.6 Å². The SMILES string of the molecule is COc1ccc(F)c(CN2CCN[C@H](C)C2)c1. The average Bonchev–Trinajstić information content (AvgIpc) is 2.32. The summed E-state index contributed by atoms with van der Waals surface area (Å²) < 4.78 is 18.8. The van der Waals surface area contributed by atoms with E-state index in [2.05, 4.69) is 17.1 Å². The van der Waals surface area contributed by atoms with Gasteiger partial charge in [-0.2, -0.15) is 0 Å². The molecule has 0 radical (unpaired) electrons. The van der Waals surface area contributed by atoms with Crippen LogP contribution in [0.1, 0.15) is 12.5 Å². The minimum Gasteiger partial charge on any atom is -0.497 e. The normalized spacial score (nSPS) is 21.5. The maximum atomic E-state index is 13.7. The van der Waals surface area contributed by atoms with Gasteiger partial charge in [0, 0.05) is 37.8 Å². The average molecular weight is 238 g/mol. The lowest BCUT2D eigenvalue weighted by molar-refractivity contribution is 0.197. The lowest BCUT2D eigenvalue weighted by Crippen LogP contribution is -2.48. The van der Waals surface area contributed by atoms with E-state index in [0.717, 1.165) is 19.6 Å². The number of benzene rings is 1. The molecule has 0 saturated carbocycles. The molecule has 1 N–H and O–H groups in total. The van der Waals surface area contributed by atoms with E-state index >= 15 is 0 Å². The molecule has 4 heteroatoms. The Bertz CT molecular complexity index is 384. The van der Waals surface area contributed by atoms with Crippen LogP contribution in [0, 0.1) is 5.82 Å². The minimum atomic E-state index is -0.156. The van der Waals surface area contributed by atoms with Gasteiger partial charge in [0.05, 0.1) is 7.11 Å². The van der Waals surface area contributed by atoms with Gasteiger partial charge in [0.15, 0.2) is 0 Å². The molecule has 1 aliphatic heterocycles. The van der Waals surface area contributed by atoms with Crippen LogP contribution < -0.4 is 10.1 Å². The second kappa shape index (κ2) is 5.47. The molecule has 1 aromatic carbocycles. The Labute approximate surface area is 102 Å². The van der Waals surface area contributed by atoms with E-state index in [1.807, 2.05) is 0 Å². The van der Waals surface area contributed by atoms with Crippen LogP contribution in [0.3, 0.4) is 0 Å². The number of hydrogen-bond acceptors (Lipinski definition) is 3. The van der Waals surface area contributed by atoms with Gasteiger partial charge < -0.3 is 10.1 Å². The third kappa shape index (κ3) is 3.17. The highest BCUT2D eigenvalue weighted by molar-refractivity contribution is 5.29. The molecule has 0 aromatic heterocycles. The van der Waals surface area contributed by atoms with Crippen LogP contribution in [0.5, 0.6) is 5.75 Å². The number of rotatable bonds is 3. The molecular weight excluding hydrogens is 219 g/mol. The summed E-state index contributed by atoms with van der Waals surface area (Å²) in [6, 6.07) is 5.37. The van der Waals surface area contributed by atoms with Gasteiger partial charge in [0.1, 0.15) is 11.6 Å². The third-order valence-electron chi connectivity index (χ3n) is 3.10. The Kier molecular flexibility index (Phi) is 3.97. The molecule has 1 aliphatic rings. The first-order chi connectivity index (χ1) is 8.19. The van der Waals surface area contributed by atoms with Crippen molar-refractivity contribution in [2.75, 3.05) is 26.7 Å². The standard InChI is InChI=1S/C13H19FN2O/c1-10-8-16(6-5-15-10)9-11-7-12(17-2)3-4-13(11)14/h3-4,7,10,15H,5-6,8-9H2,1-2H3/t10-/m1/s1. The Morgan fingerprint density at radius 2 is 2.35 bits per heavy atom. The maximum absolute atomic E-state index is 13.7. The number of hydrogen-bond donors (Lipinski definition) is 1. The summed E-state index contributed by atoms with van der Waals surface area (Å²) in [5, 5.41) is 3.37. The maximum Gasteiger partial charge on any atom is 0.127 e. The van der Waals surface area contributed by atoms with E-state index in [4.69, 9.17) is 4.74 Å². The van der Waals surface area contributed by atoms with Gasteiger partial charge in [-0.05, 0) is 25.1 Å². The highest BCUT2D eigenvalue weighted by Gasteiger charge is 2.17. The number of nitrogens with zero attached hydrogens (tertiary/aromatic N) is 1. The molecule has 0 amide bonds. The fourth-order valence-electron chi connectivity index (χ4n) is 2.20. The van der Waals surface area contributed by atoms with Crippen molar-refractivity contribution in [3.63, 3.8) is 0 Å². The highest BCUT2D eigenvalue weighted by atomic mass is 19.1. The Hall–Kier alpha value is -1.13. The molecule has 1 fully saturated rings. The van der Waals surface area contributed by atoms with Gasteiger partial charge in [-0.15, -0.1) is 0 Å². The largest absolute Gasteiger partial charge is 0.497 e. The second-order valence-corrected chi connectivity index (χ2v) is 4.55. The van der Waals surface area contributed by atoms with Gasteiger partial charge in [-0.3, -0.25) is 4.90 Å². The Balaban J connectivity index is 2.06. The van der Waals surface area contributed by atoms with Crippen molar-refractivity contribution in [3.8, 4) is 5.75 Å². The molecule has 0 bridgehead atoms. The summed E-state index contributed by atoms with van der Waals surface area (Å²) in [7, 11) is 1.60. The van der Waals surface area contributed by atoms with Crippen molar-refractivity contribution < 1.29 is 9.13 Å². The van der Waals surface area contributed by atoms with E-state index in [1.165, 1.54) is 6.07 Å². The zero-order valence-corrected chi connectivity index (χ0v) is 10.4. The lowest BCUT2D eigenvalue weighted by atomic mass is 10.1. The summed E-state index contributed by atoms with van der Waals surface area (Å²) in [5.41, 5.74) is 0.707. The smallest absolute Gasteiger partial charge is 0.127 e. The molecule has 1 atom stereocenters. The van der Waals surface area contributed by atoms with E-state index in [1.54, 1.807) is 19.2 Å². The summed E-state index contributed by atoms with van der Waals surface area (Å²) in [5.74, 6) is 0.557. The number of methoxy groups -OCH3 is 1. The van der Waals surface area contributed by atoms with Crippen LogP contribution in [-0.4, -0.2) is 37.7 Å². The zero-order valence-electron chi connectivity index (χ0n) is 10.4. The summed E-state index contributed by atoms with van der Waals surface area (Å²) >= 11 is 0. The van der Waals surface area contributed by atoms with Crippen LogP contribution in [0.25, 0.3) is 0 Å². The summed E-state index contributed by atoms with van der Waals surface area (Å²) in [6.45, 7) is 5.67.